The number of amides is 1. The average Bonchev–Trinajstić information content (AvgIpc) is 2.22. The zero-order chi connectivity index (χ0) is 11.1. The van der Waals surface area contributed by atoms with Crippen LogP contribution in [-0.2, 0) is 4.79 Å². The van der Waals surface area contributed by atoms with Crippen molar-refractivity contribution in [1.82, 2.24) is 4.98 Å². The molecule has 1 N–H and O–H groups in total. The fraction of sp³-hybridized carbons (Fsp3) is 0.0909. The third-order valence-corrected chi connectivity index (χ3v) is 1.87. The highest BCUT2D eigenvalue weighted by Crippen LogP contribution is 2.16. The van der Waals surface area contributed by atoms with E-state index in [0.29, 0.717) is 5.69 Å². The summed E-state index contributed by atoms with van der Waals surface area (Å²) in [7, 11) is 0. The Labute approximate surface area is 93.5 Å². The van der Waals surface area contributed by atoms with Gasteiger partial charge in [0.05, 0.1) is 5.69 Å². The Hall–Kier alpha value is -1.61. The number of allylic oxidation sites excluding steroid dienone is 3. The van der Waals surface area contributed by atoms with Crippen LogP contribution in [-0.4, -0.2) is 10.9 Å². The van der Waals surface area contributed by atoms with Crippen LogP contribution >= 0.6 is 11.6 Å². The molecule has 0 fully saturated rings. The summed E-state index contributed by atoms with van der Waals surface area (Å²) >= 11 is 5.77. The van der Waals surface area contributed by atoms with Crippen LogP contribution in [0.4, 0.5) is 5.69 Å². The van der Waals surface area contributed by atoms with Crippen LogP contribution in [0.1, 0.15) is 6.92 Å². The van der Waals surface area contributed by atoms with Crippen molar-refractivity contribution < 1.29 is 4.79 Å². The van der Waals surface area contributed by atoms with E-state index in [0.717, 1.165) is 0 Å². The van der Waals surface area contributed by atoms with Crippen molar-refractivity contribution in [3.05, 3.63) is 47.8 Å². The van der Waals surface area contributed by atoms with Crippen molar-refractivity contribution in [1.29, 1.82) is 0 Å². The lowest BCUT2D eigenvalue weighted by molar-refractivity contribution is -0.111. The van der Waals surface area contributed by atoms with Crippen LogP contribution in [0.15, 0.2) is 42.6 Å². The van der Waals surface area contributed by atoms with E-state index in [1.807, 2.05) is 13.0 Å². The minimum atomic E-state index is -0.233. The second-order valence-electron chi connectivity index (χ2n) is 2.72. The van der Waals surface area contributed by atoms with Crippen molar-refractivity contribution in [2.24, 2.45) is 0 Å². The van der Waals surface area contributed by atoms with Gasteiger partial charge in [0.2, 0.25) is 5.91 Å². The average molecular weight is 223 g/mol. The molecule has 3 nitrogen and oxygen atoms in total. The fourth-order valence-electron chi connectivity index (χ4n) is 0.908. The first-order chi connectivity index (χ1) is 7.24. The molecular weight excluding hydrogens is 212 g/mol. The van der Waals surface area contributed by atoms with Gasteiger partial charge in [-0.2, -0.15) is 0 Å². The zero-order valence-electron chi connectivity index (χ0n) is 8.27. The van der Waals surface area contributed by atoms with Crippen LogP contribution in [0.3, 0.4) is 0 Å². The number of halogens is 1. The first kappa shape index (κ1) is 11.5. The molecule has 0 saturated heterocycles. The summed E-state index contributed by atoms with van der Waals surface area (Å²) in [5, 5.41) is 2.90. The van der Waals surface area contributed by atoms with Crippen molar-refractivity contribution in [2.45, 2.75) is 6.92 Å². The molecule has 1 rings (SSSR count). The SMILES string of the molecule is C/C=C/C=C/C(=O)Nc1cccnc1Cl. The lowest BCUT2D eigenvalue weighted by Gasteiger charge is -2.02. The molecule has 1 heterocycles. The van der Waals surface area contributed by atoms with E-state index in [1.165, 1.54) is 6.08 Å². The molecule has 0 aliphatic carbocycles. The van der Waals surface area contributed by atoms with Gasteiger partial charge < -0.3 is 5.32 Å². The molecule has 15 heavy (non-hydrogen) atoms. The maximum absolute atomic E-state index is 11.3. The summed E-state index contributed by atoms with van der Waals surface area (Å²) in [5.74, 6) is -0.233. The molecule has 0 saturated carbocycles. The third kappa shape index (κ3) is 3.95. The number of nitrogens with zero attached hydrogens (tertiary/aromatic N) is 1. The van der Waals surface area contributed by atoms with Gasteiger partial charge in [-0.15, -0.1) is 0 Å². The number of carbonyl (C=O) groups excluding carboxylic acids is 1. The molecule has 78 valence electrons. The van der Waals surface area contributed by atoms with Crippen LogP contribution in [0.5, 0.6) is 0 Å². The number of carbonyl (C=O) groups is 1. The molecule has 1 aromatic rings. The van der Waals surface area contributed by atoms with Crippen LogP contribution in [0.25, 0.3) is 0 Å². The Morgan fingerprint density at radius 1 is 1.53 bits per heavy atom. The molecule has 0 atom stereocenters. The van der Waals surface area contributed by atoms with Crippen molar-refractivity contribution in [3.8, 4) is 0 Å². The van der Waals surface area contributed by atoms with E-state index in [1.54, 1.807) is 30.5 Å². The first-order valence-electron chi connectivity index (χ1n) is 4.45. The van der Waals surface area contributed by atoms with E-state index in [9.17, 15) is 4.79 Å². The van der Waals surface area contributed by atoms with E-state index in [2.05, 4.69) is 10.3 Å². The lowest BCUT2D eigenvalue weighted by atomic mass is 10.4. The Bertz CT molecular complexity index is 399. The molecule has 0 radical (unpaired) electrons. The Morgan fingerprint density at radius 3 is 3.00 bits per heavy atom. The minimum Gasteiger partial charge on any atom is -0.320 e. The molecular formula is C11H11ClN2O. The van der Waals surface area contributed by atoms with E-state index in [4.69, 9.17) is 11.6 Å². The molecule has 1 aromatic heterocycles. The van der Waals surface area contributed by atoms with Gasteiger partial charge >= 0.3 is 0 Å². The molecule has 0 aliphatic rings. The van der Waals surface area contributed by atoms with Gasteiger partial charge in [0.1, 0.15) is 0 Å². The first-order valence-corrected chi connectivity index (χ1v) is 4.82. The molecule has 0 bridgehead atoms. The van der Waals surface area contributed by atoms with Gasteiger partial charge in [0.25, 0.3) is 0 Å². The highest BCUT2D eigenvalue weighted by atomic mass is 35.5. The number of hydrogen-bond acceptors (Lipinski definition) is 2. The number of nitrogens with one attached hydrogen (secondary N) is 1. The number of hydrogen-bond donors (Lipinski definition) is 1. The maximum Gasteiger partial charge on any atom is 0.248 e. The molecule has 0 aromatic carbocycles. The summed E-state index contributed by atoms with van der Waals surface area (Å²) in [6, 6.07) is 3.40. The quantitative estimate of drug-likeness (QED) is 0.486. The van der Waals surface area contributed by atoms with Gasteiger partial charge in [-0.3, -0.25) is 4.79 Å². The number of pyridine rings is 1. The largest absolute Gasteiger partial charge is 0.320 e. The summed E-state index contributed by atoms with van der Waals surface area (Å²) in [6.07, 6.45) is 8.24. The topological polar surface area (TPSA) is 42.0 Å². The maximum atomic E-state index is 11.3. The van der Waals surface area contributed by atoms with Crippen molar-refractivity contribution >= 4 is 23.2 Å². The summed E-state index contributed by atoms with van der Waals surface area (Å²) in [6.45, 7) is 1.88. The third-order valence-electron chi connectivity index (χ3n) is 1.57. The molecule has 0 aliphatic heterocycles. The van der Waals surface area contributed by atoms with Gasteiger partial charge in [0.15, 0.2) is 5.15 Å². The molecule has 0 unspecified atom stereocenters. The smallest absolute Gasteiger partial charge is 0.248 e. The van der Waals surface area contributed by atoms with E-state index < -0.39 is 0 Å². The van der Waals surface area contributed by atoms with Gasteiger partial charge in [-0.05, 0) is 19.1 Å². The highest BCUT2D eigenvalue weighted by Gasteiger charge is 2.01. The Kier molecular flexibility index (Phi) is 4.57. The summed E-state index contributed by atoms with van der Waals surface area (Å²) in [5.41, 5.74) is 0.509. The standard InChI is InChI=1S/C11H11ClN2O/c1-2-3-4-7-10(15)14-9-6-5-8-13-11(9)12/h2-8H,1H3,(H,14,15)/b3-2+,7-4+. The number of rotatable bonds is 3. The van der Waals surface area contributed by atoms with Gasteiger partial charge in [-0.1, -0.05) is 29.8 Å². The predicted molar refractivity (Wildman–Crippen MR) is 61.8 cm³/mol. The van der Waals surface area contributed by atoms with Crippen LogP contribution in [0, 0.1) is 0 Å². The zero-order valence-corrected chi connectivity index (χ0v) is 9.03. The minimum absolute atomic E-state index is 0.233. The van der Waals surface area contributed by atoms with Gasteiger partial charge in [-0.25, -0.2) is 4.98 Å². The molecule has 1 amide bonds. The normalized spacial score (nSPS) is 11.1. The highest BCUT2D eigenvalue weighted by molar-refractivity contribution is 6.32. The summed E-state index contributed by atoms with van der Waals surface area (Å²) < 4.78 is 0. The van der Waals surface area contributed by atoms with Crippen LogP contribution in [0.2, 0.25) is 5.15 Å². The second kappa shape index (κ2) is 5.98. The van der Waals surface area contributed by atoms with Crippen molar-refractivity contribution in [3.63, 3.8) is 0 Å². The van der Waals surface area contributed by atoms with Crippen molar-refractivity contribution in [2.75, 3.05) is 5.32 Å². The van der Waals surface area contributed by atoms with E-state index in [-0.39, 0.29) is 11.1 Å². The number of anilines is 1. The Morgan fingerprint density at radius 2 is 2.33 bits per heavy atom. The fourth-order valence-corrected chi connectivity index (χ4v) is 1.07. The second-order valence-corrected chi connectivity index (χ2v) is 3.07. The Balaban J connectivity index is 2.63. The van der Waals surface area contributed by atoms with E-state index >= 15 is 0 Å². The lowest BCUT2D eigenvalue weighted by Crippen LogP contribution is -2.08. The monoisotopic (exact) mass is 222 g/mol. The summed E-state index contributed by atoms with van der Waals surface area (Å²) in [4.78, 5) is 15.2. The molecule has 0 spiro atoms. The predicted octanol–water partition coefficient (Wildman–Crippen LogP) is 2.81. The molecule has 4 heteroatoms. The van der Waals surface area contributed by atoms with Crippen LogP contribution < -0.4 is 5.32 Å². The number of aromatic nitrogens is 1. The van der Waals surface area contributed by atoms with Gasteiger partial charge in [0, 0.05) is 12.3 Å².